The number of benzene rings is 2. The summed E-state index contributed by atoms with van der Waals surface area (Å²) in [4.78, 5) is 32.3. The number of amides is 2. The van der Waals surface area contributed by atoms with Gasteiger partial charge in [-0.3, -0.25) is 14.5 Å². The first-order chi connectivity index (χ1) is 19.4. The van der Waals surface area contributed by atoms with Crippen LogP contribution in [-0.2, 0) is 22.6 Å². The number of furan rings is 1. The Kier molecular flexibility index (Phi) is 8.87. The molecule has 0 unspecified atom stereocenters. The number of fused-ring (bicyclic) bond motifs is 1. The molecule has 0 saturated carbocycles. The molecular weight excluding hydrogens is 506 g/mol. The molecule has 3 heterocycles. The Balaban J connectivity index is 1.26. The molecule has 5 rings (SSSR count). The minimum atomic E-state index is -0.161. The summed E-state index contributed by atoms with van der Waals surface area (Å²) in [6.45, 7) is 9.36. The maximum Gasteiger partial charge on any atom is 0.289 e. The smallest absolute Gasteiger partial charge is 0.289 e. The highest BCUT2D eigenvalue weighted by atomic mass is 16.5. The van der Waals surface area contributed by atoms with Crippen LogP contribution in [-0.4, -0.2) is 79.5 Å². The van der Waals surface area contributed by atoms with Crippen molar-refractivity contribution < 1.29 is 23.5 Å². The van der Waals surface area contributed by atoms with Crippen molar-refractivity contribution in [3.63, 3.8) is 0 Å². The second-order valence-electron chi connectivity index (χ2n) is 10.8. The van der Waals surface area contributed by atoms with E-state index in [4.69, 9.17) is 13.9 Å². The molecule has 2 aromatic carbocycles. The van der Waals surface area contributed by atoms with E-state index in [0.29, 0.717) is 43.5 Å². The predicted octanol–water partition coefficient (Wildman–Crippen LogP) is 4.39. The van der Waals surface area contributed by atoms with E-state index in [0.717, 1.165) is 37.2 Å². The number of methoxy groups -OCH3 is 1. The van der Waals surface area contributed by atoms with Crippen molar-refractivity contribution >= 4 is 11.8 Å². The average molecular weight is 546 g/mol. The third-order valence-corrected chi connectivity index (χ3v) is 7.76. The first-order valence-corrected chi connectivity index (χ1v) is 14.1. The summed E-state index contributed by atoms with van der Waals surface area (Å²) in [7, 11) is 1.70. The molecule has 1 aromatic heterocycles. The van der Waals surface area contributed by atoms with Crippen LogP contribution in [0.2, 0.25) is 0 Å². The Labute approximate surface area is 236 Å². The van der Waals surface area contributed by atoms with Crippen molar-refractivity contribution in [2.24, 2.45) is 5.92 Å². The van der Waals surface area contributed by atoms with Gasteiger partial charge in [0.15, 0.2) is 5.76 Å². The van der Waals surface area contributed by atoms with Crippen molar-refractivity contribution in [3.8, 4) is 5.75 Å². The molecule has 1 atom stereocenters. The number of ether oxygens (including phenoxy) is 2. The van der Waals surface area contributed by atoms with Crippen LogP contribution >= 0.6 is 0 Å². The fraction of sp³-hybridized carbons (Fsp3) is 0.438. The second kappa shape index (κ2) is 12.7. The Bertz CT molecular complexity index is 1300. The van der Waals surface area contributed by atoms with Gasteiger partial charge in [-0.1, -0.05) is 50.2 Å². The number of carbonyl (C=O) groups is 2. The Morgan fingerprint density at radius 1 is 0.975 bits per heavy atom. The minimum Gasteiger partial charge on any atom is -0.486 e. The molecule has 0 radical (unpaired) electrons. The standard InChI is InChI=1S/C32H39N3O5/c1-23(2)31(36)35-14-13-24-9-10-26(21-28(24)30(35)25-7-5-4-6-8-25)39-22-27-11-12-29(40-27)32(37)34-17-15-33(16-18-34)19-20-38-3/h4-12,21,23,30H,13-20,22H2,1-3H3/t30-/m1/s1. The number of piperazine rings is 1. The average Bonchev–Trinajstić information content (AvgIpc) is 3.47. The molecule has 0 aliphatic carbocycles. The normalized spacial score (nSPS) is 17.6. The summed E-state index contributed by atoms with van der Waals surface area (Å²) in [5.74, 6) is 1.61. The summed E-state index contributed by atoms with van der Waals surface area (Å²) >= 11 is 0. The van der Waals surface area contributed by atoms with E-state index in [2.05, 4.69) is 23.1 Å². The van der Waals surface area contributed by atoms with Gasteiger partial charge in [0.1, 0.15) is 18.1 Å². The molecule has 2 amide bonds. The highest BCUT2D eigenvalue weighted by molar-refractivity contribution is 5.91. The molecule has 8 heteroatoms. The highest BCUT2D eigenvalue weighted by Crippen LogP contribution is 2.38. The van der Waals surface area contributed by atoms with Crippen LogP contribution in [0.1, 0.15) is 52.9 Å². The SMILES string of the molecule is COCCN1CCN(C(=O)c2ccc(COc3ccc4c(c3)[C@@H](c3ccccc3)N(C(=O)C(C)C)CC4)o2)CC1. The van der Waals surface area contributed by atoms with Crippen LogP contribution in [0.5, 0.6) is 5.75 Å². The third kappa shape index (κ3) is 6.24. The van der Waals surface area contributed by atoms with Crippen molar-refractivity contribution in [2.75, 3.05) is 53.0 Å². The molecule has 8 nitrogen and oxygen atoms in total. The highest BCUT2D eigenvalue weighted by Gasteiger charge is 2.33. The number of carbonyl (C=O) groups excluding carboxylic acids is 2. The molecule has 0 N–H and O–H groups in total. The lowest BCUT2D eigenvalue weighted by Crippen LogP contribution is -2.49. The Morgan fingerprint density at radius 2 is 1.75 bits per heavy atom. The Morgan fingerprint density at radius 3 is 2.48 bits per heavy atom. The van der Waals surface area contributed by atoms with Gasteiger partial charge >= 0.3 is 0 Å². The van der Waals surface area contributed by atoms with Gasteiger partial charge in [0.2, 0.25) is 5.91 Å². The number of rotatable bonds is 9. The Hall–Kier alpha value is -3.62. The van der Waals surface area contributed by atoms with Crippen LogP contribution < -0.4 is 4.74 Å². The van der Waals surface area contributed by atoms with E-state index in [9.17, 15) is 9.59 Å². The van der Waals surface area contributed by atoms with Gasteiger partial charge in [0.05, 0.1) is 12.6 Å². The van der Waals surface area contributed by atoms with Crippen molar-refractivity contribution in [3.05, 3.63) is 88.9 Å². The zero-order valence-electron chi connectivity index (χ0n) is 23.7. The predicted molar refractivity (Wildman–Crippen MR) is 152 cm³/mol. The van der Waals surface area contributed by atoms with Gasteiger partial charge in [-0.05, 0) is 47.4 Å². The first-order valence-electron chi connectivity index (χ1n) is 14.1. The molecule has 3 aromatic rings. The molecule has 1 saturated heterocycles. The van der Waals surface area contributed by atoms with E-state index in [1.165, 1.54) is 5.56 Å². The first kappa shape index (κ1) is 27.9. The van der Waals surface area contributed by atoms with Gasteiger partial charge in [-0.2, -0.15) is 0 Å². The molecule has 0 bridgehead atoms. The lowest BCUT2D eigenvalue weighted by Gasteiger charge is -2.39. The fourth-order valence-electron chi connectivity index (χ4n) is 5.52. The van der Waals surface area contributed by atoms with E-state index in [-0.39, 0.29) is 30.4 Å². The molecule has 1 fully saturated rings. The third-order valence-electron chi connectivity index (χ3n) is 7.76. The maximum atomic E-state index is 13.2. The van der Waals surface area contributed by atoms with E-state index < -0.39 is 0 Å². The summed E-state index contributed by atoms with van der Waals surface area (Å²) in [6.07, 6.45) is 0.807. The second-order valence-corrected chi connectivity index (χ2v) is 10.8. The van der Waals surface area contributed by atoms with Crippen LogP contribution in [0.4, 0.5) is 0 Å². The van der Waals surface area contributed by atoms with Gasteiger partial charge in [-0.25, -0.2) is 0 Å². The molecular formula is C32H39N3O5. The van der Waals surface area contributed by atoms with Gasteiger partial charge in [0, 0.05) is 52.3 Å². The number of hydrogen-bond acceptors (Lipinski definition) is 6. The summed E-state index contributed by atoms with van der Waals surface area (Å²) < 4.78 is 17.2. The molecule has 2 aliphatic heterocycles. The largest absolute Gasteiger partial charge is 0.486 e. The molecule has 0 spiro atoms. The van der Waals surface area contributed by atoms with Gasteiger partial charge < -0.3 is 23.7 Å². The van der Waals surface area contributed by atoms with Crippen molar-refractivity contribution in [1.29, 1.82) is 0 Å². The summed E-state index contributed by atoms with van der Waals surface area (Å²) in [5.41, 5.74) is 3.40. The fourth-order valence-corrected chi connectivity index (χ4v) is 5.52. The zero-order valence-corrected chi connectivity index (χ0v) is 23.7. The van der Waals surface area contributed by atoms with Crippen LogP contribution in [0.3, 0.4) is 0 Å². The van der Waals surface area contributed by atoms with Crippen LogP contribution in [0, 0.1) is 5.92 Å². The van der Waals surface area contributed by atoms with Crippen molar-refractivity contribution in [2.45, 2.75) is 32.9 Å². The number of nitrogens with zero attached hydrogens (tertiary/aromatic N) is 3. The summed E-state index contributed by atoms with van der Waals surface area (Å²) in [6, 6.07) is 19.7. The van der Waals surface area contributed by atoms with Gasteiger partial charge in [-0.15, -0.1) is 0 Å². The van der Waals surface area contributed by atoms with E-state index >= 15 is 0 Å². The lowest BCUT2D eigenvalue weighted by atomic mass is 9.87. The molecule has 40 heavy (non-hydrogen) atoms. The van der Waals surface area contributed by atoms with Crippen LogP contribution in [0.15, 0.2) is 65.1 Å². The molecule has 2 aliphatic rings. The van der Waals surface area contributed by atoms with E-state index in [1.54, 1.807) is 19.2 Å². The monoisotopic (exact) mass is 545 g/mol. The lowest BCUT2D eigenvalue weighted by molar-refractivity contribution is -0.136. The van der Waals surface area contributed by atoms with E-state index in [1.807, 2.05) is 54.0 Å². The minimum absolute atomic E-state index is 0.0809. The zero-order chi connectivity index (χ0) is 28.1. The quantitative estimate of drug-likeness (QED) is 0.397. The van der Waals surface area contributed by atoms with Gasteiger partial charge in [0.25, 0.3) is 5.91 Å². The summed E-state index contributed by atoms with van der Waals surface area (Å²) in [5, 5.41) is 0. The van der Waals surface area contributed by atoms with Crippen LogP contribution in [0.25, 0.3) is 0 Å². The number of hydrogen-bond donors (Lipinski definition) is 0. The topological polar surface area (TPSA) is 75.5 Å². The maximum absolute atomic E-state index is 13.2. The van der Waals surface area contributed by atoms with Crippen molar-refractivity contribution in [1.82, 2.24) is 14.7 Å². The molecule has 212 valence electrons.